The molecule has 0 heterocycles. The highest BCUT2D eigenvalue weighted by Crippen LogP contribution is 2.08. The maximum atomic E-state index is 12.7. The van der Waals surface area contributed by atoms with Crippen molar-refractivity contribution < 1.29 is 4.39 Å². The Morgan fingerprint density at radius 1 is 0.750 bits per heavy atom. The molecule has 2 rings (SSSR count). The molecule has 0 unspecified atom stereocenters. The molecule has 0 bridgehead atoms. The minimum Gasteiger partial charge on any atom is -0.207 e. The average molecular weight is 213 g/mol. The summed E-state index contributed by atoms with van der Waals surface area (Å²) in [5.74, 6) is -0.174. The Bertz CT molecular complexity index is 417. The number of benzene rings is 2. The van der Waals surface area contributed by atoms with Crippen LogP contribution in [0.4, 0.5) is 4.39 Å². The van der Waals surface area contributed by atoms with Crippen LogP contribution in [-0.4, -0.2) is 0 Å². The van der Waals surface area contributed by atoms with E-state index in [1.165, 1.54) is 17.7 Å². The van der Waals surface area contributed by atoms with Crippen molar-refractivity contribution in [3.8, 4) is 0 Å². The van der Waals surface area contributed by atoms with E-state index >= 15 is 0 Å². The van der Waals surface area contributed by atoms with Gasteiger partial charge in [-0.15, -0.1) is 0 Å². The molecule has 2 aromatic carbocycles. The molecule has 0 aliphatic carbocycles. The summed E-state index contributed by atoms with van der Waals surface area (Å²) >= 11 is 0. The smallest absolute Gasteiger partial charge is 0.123 e. The van der Waals surface area contributed by atoms with Crippen molar-refractivity contribution in [2.24, 2.45) is 0 Å². The fourth-order valence-electron chi connectivity index (χ4n) is 1.64. The normalized spacial score (nSPS) is 10.3. The van der Waals surface area contributed by atoms with Gasteiger partial charge in [-0.1, -0.05) is 42.5 Å². The monoisotopic (exact) mass is 213 g/mol. The third-order valence-electron chi connectivity index (χ3n) is 2.52. The molecule has 2 aromatic rings. The molecule has 0 saturated carbocycles. The quantitative estimate of drug-likeness (QED) is 0.724. The van der Waals surface area contributed by atoms with Crippen LogP contribution in [0, 0.1) is 12.2 Å². The molecule has 0 saturated heterocycles. The highest BCUT2D eigenvalue weighted by molar-refractivity contribution is 5.20. The Labute approximate surface area is 95.7 Å². The molecule has 1 radical (unpaired) electrons. The van der Waals surface area contributed by atoms with E-state index in [-0.39, 0.29) is 5.82 Å². The molecular formula is C15H14F. The lowest BCUT2D eigenvalue weighted by Crippen LogP contribution is -1.91. The molecule has 0 atom stereocenters. The van der Waals surface area contributed by atoms with Crippen LogP contribution in [-0.2, 0) is 12.8 Å². The van der Waals surface area contributed by atoms with E-state index in [0.29, 0.717) is 0 Å². The third kappa shape index (κ3) is 3.20. The molecule has 0 aliphatic heterocycles. The second-order valence-electron chi connectivity index (χ2n) is 3.81. The van der Waals surface area contributed by atoms with Crippen LogP contribution in [0.15, 0.2) is 54.6 Å². The van der Waals surface area contributed by atoms with Gasteiger partial charge >= 0.3 is 0 Å². The van der Waals surface area contributed by atoms with Crippen LogP contribution in [0.5, 0.6) is 0 Å². The summed E-state index contributed by atoms with van der Waals surface area (Å²) in [7, 11) is 0. The van der Waals surface area contributed by atoms with Crippen LogP contribution in [0.1, 0.15) is 11.1 Å². The van der Waals surface area contributed by atoms with E-state index in [1.807, 2.05) is 30.3 Å². The largest absolute Gasteiger partial charge is 0.207 e. The van der Waals surface area contributed by atoms with Crippen molar-refractivity contribution in [2.45, 2.75) is 12.8 Å². The van der Waals surface area contributed by atoms with Gasteiger partial charge in [0.2, 0.25) is 0 Å². The minimum atomic E-state index is -0.174. The van der Waals surface area contributed by atoms with Crippen LogP contribution < -0.4 is 0 Å². The van der Waals surface area contributed by atoms with E-state index in [1.54, 1.807) is 0 Å². The Hall–Kier alpha value is -1.63. The first-order valence-electron chi connectivity index (χ1n) is 5.44. The lowest BCUT2D eigenvalue weighted by atomic mass is 10.0. The molecule has 16 heavy (non-hydrogen) atoms. The van der Waals surface area contributed by atoms with Gasteiger partial charge < -0.3 is 0 Å². The van der Waals surface area contributed by atoms with Gasteiger partial charge in [0.15, 0.2) is 0 Å². The number of rotatable bonds is 4. The van der Waals surface area contributed by atoms with Crippen molar-refractivity contribution in [1.82, 2.24) is 0 Å². The van der Waals surface area contributed by atoms with Crippen molar-refractivity contribution >= 4 is 0 Å². The van der Waals surface area contributed by atoms with Crippen LogP contribution >= 0.6 is 0 Å². The summed E-state index contributed by atoms with van der Waals surface area (Å²) in [6, 6.07) is 17.0. The first kappa shape index (κ1) is 10.9. The molecule has 1 heteroatoms. The second kappa shape index (κ2) is 5.45. The highest BCUT2D eigenvalue weighted by atomic mass is 19.1. The van der Waals surface area contributed by atoms with Crippen LogP contribution in [0.2, 0.25) is 0 Å². The van der Waals surface area contributed by atoms with Gasteiger partial charge in [0, 0.05) is 0 Å². The summed E-state index contributed by atoms with van der Waals surface area (Å²) in [4.78, 5) is 0. The van der Waals surface area contributed by atoms with Crippen molar-refractivity contribution in [3.05, 3.63) is 78.0 Å². The first-order valence-corrected chi connectivity index (χ1v) is 5.44. The maximum Gasteiger partial charge on any atom is 0.123 e. The topological polar surface area (TPSA) is 0 Å². The van der Waals surface area contributed by atoms with E-state index < -0.39 is 0 Å². The van der Waals surface area contributed by atoms with Gasteiger partial charge in [0.25, 0.3) is 0 Å². The Kier molecular flexibility index (Phi) is 3.71. The summed E-state index contributed by atoms with van der Waals surface area (Å²) in [6.07, 6.45) is 4.05. The van der Waals surface area contributed by atoms with Gasteiger partial charge in [0.1, 0.15) is 5.82 Å². The molecule has 0 aliphatic rings. The van der Waals surface area contributed by atoms with Crippen LogP contribution in [0.3, 0.4) is 0 Å². The Morgan fingerprint density at radius 2 is 1.31 bits per heavy atom. The zero-order valence-corrected chi connectivity index (χ0v) is 9.07. The predicted molar refractivity (Wildman–Crippen MR) is 64.6 cm³/mol. The SMILES string of the molecule is Fc1ccc(C[CH]Cc2ccccc2)cc1. The van der Waals surface area contributed by atoms with Gasteiger partial charge in [-0.3, -0.25) is 0 Å². The van der Waals surface area contributed by atoms with Gasteiger partial charge in [-0.05, 0) is 42.5 Å². The van der Waals surface area contributed by atoms with Gasteiger partial charge in [0.05, 0.1) is 0 Å². The second-order valence-corrected chi connectivity index (χ2v) is 3.81. The lowest BCUT2D eigenvalue weighted by Gasteiger charge is -2.01. The number of halogens is 1. The van der Waals surface area contributed by atoms with E-state index in [9.17, 15) is 4.39 Å². The molecule has 81 valence electrons. The highest BCUT2D eigenvalue weighted by Gasteiger charge is 1.96. The molecule has 0 N–H and O–H groups in total. The van der Waals surface area contributed by atoms with E-state index in [4.69, 9.17) is 0 Å². The molecular weight excluding hydrogens is 199 g/mol. The molecule has 0 spiro atoms. The molecule has 0 amide bonds. The predicted octanol–water partition coefficient (Wildman–Crippen LogP) is 3.82. The lowest BCUT2D eigenvalue weighted by molar-refractivity contribution is 0.627. The summed E-state index contributed by atoms with van der Waals surface area (Å²) in [5, 5.41) is 0. The standard InChI is InChI=1S/C15H14F/c16-15-11-9-14(10-12-15)8-4-7-13-5-2-1-3-6-13/h1-6,9-12H,7-8H2. The van der Waals surface area contributed by atoms with E-state index in [0.717, 1.165) is 18.4 Å². The molecule has 0 aromatic heterocycles. The van der Waals surface area contributed by atoms with Crippen molar-refractivity contribution in [3.63, 3.8) is 0 Å². The first-order chi connectivity index (χ1) is 7.84. The van der Waals surface area contributed by atoms with Gasteiger partial charge in [-0.2, -0.15) is 0 Å². The molecule has 0 nitrogen and oxygen atoms in total. The van der Waals surface area contributed by atoms with E-state index in [2.05, 4.69) is 18.6 Å². The number of hydrogen-bond donors (Lipinski definition) is 0. The Morgan fingerprint density at radius 3 is 1.94 bits per heavy atom. The Balaban J connectivity index is 1.82. The summed E-state index contributed by atoms with van der Waals surface area (Å²) < 4.78 is 12.7. The maximum absolute atomic E-state index is 12.7. The fraction of sp³-hybridized carbons (Fsp3) is 0.133. The van der Waals surface area contributed by atoms with Crippen molar-refractivity contribution in [2.75, 3.05) is 0 Å². The van der Waals surface area contributed by atoms with Crippen LogP contribution in [0.25, 0.3) is 0 Å². The molecule has 0 fully saturated rings. The van der Waals surface area contributed by atoms with Gasteiger partial charge in [-0.25, -0.2) is 4.39 Å². The summed E-state index contributed by atoms with van der Waals surface area (Å²) in [5.41, 5.74) is 2.46. The summed E-state index contributed by atoms with van der Waals surface area (Å²) in [6.45, 7) is 0. The fourth-order valence-corrected chi connectivity index (χ4v) is 1.64. The number of hydrogen-bond acceptors (Lipinski definition) is 0. The third-order valence-corrected chi connectivity index (χ3v) is 2.52. The zero-order valence-electron chi connectivity index (χ0n) is 9.07. The zero-order chi connectivity index (χ0) is 11.2. The average Bonchev–Trinajstić information content (AvgIpc) is 2.33. The minimum absolute atomic E-state index is 0.174. The van der Waals surface area contributed by atoms with Crippen molar-refractivity contribution in [1.29, 1.82) is 0 Å².